The van der Waals surface area contributed by atoms with Gasteiger partial charge in [-0.2, -0.15) is 9.90 Å². The van der Waals surface area contributed by atoms with Gasteiger partial charge in [0.1, 0.15) is 6.54 Å². The molecular weight excluding hydrogens is 396 g/mol. The Bertz CT molecular complexity index is 1010. The van der Waals surface area contributed by atoms with Crippen LogP contribution in [0, 0.1) is 0 Å². The Balaban J connectivity index is 1.61. The zero-order chi connectivity index (χ0) is 20.6. The van der Waals surface area contributed by atoms with Gasteiger partial charge in [-0.15, -0.1) is 10.2 Å². The van der Waals surface area contributed by atoms with Crippen LogP contribution >= 0.6 is 11.6 Å². The lowest BCUT2D eigenvalue weighted by atomic mass is 10.2. The van der Waals surface area contributed by atoms with E-state index < -0.39 is 5.91 Å². The van der Waals surface area contributed by atoms with Gasteiger partial charge < -0.3 is 9.47 Å². The van der Waals surface area contributed by atoms with Crippen molar-refractivity contribution in [3.8, 4) is 22.9 Å². The predicted octanol–water partition coefficient (Wildman–Crippen LogP) is 2.55. The van der Waals surface area contributed by atoms with Gasteiger partial charge in [0.25, 0.3) is 5.91 Å². The minimum atomic E-state index is -0.400. The molecule has 0 aliphatic rings. The number of ether oxygens (including phenoxy) is 2. The highest BCUT2D eigenvalue weighted by Gasteiger charge is 2.11. The third kappa shape index (κ3) is 5.29. The fourth-order valence-electron chi connectivity index (χ4n) is 2.48. The lowest BCUT2D eigenvalue weighted by molar-refractivity contribution is -0.122. The monoisotopic (exact) mass is 414 g/mol. The smallest absolute Gasteiger partial charge is 0.263 e. The van der Waals surface area contributed by atoms with E-state index in [-0.39, 0.29) is 6.54 Å². The molecule has 3 rings (SSSR count). The number of hydrazone groups is 1. The van der Waals surface area contributed by atoms with E-state index in [2.05, 4.69) is 25.9 Å². The summed E-state index contributed by atoms with van der Waals surface area (Å²) in [4.78, 5) is 13.3. The van der Waals surface area contributed by atoms with Crippen LogP contribution in [-0.4, -0.2) is 46.0 Å². The summed E-state index contributed by atoms with van der Waals surface area (Å²) in [7, 11) is 1.51. The molecule has 0 radical (unpaired) electrons. The van der Waals surface area contributed by atoms with Crippen molar-refractivity contribution in [2.24, 2.45) is 5.10 Å². The van der Waals surface area contributed by atoms with Crippen LogP contribution in [0.3, 0.4) is 0 Å². The number of hydrogen-bond donors (Lipinski definition) is 1. The number of nitrogens with one attached hydrogen (secondary N) is 1. The van der Waals surface area contributed by atoms with Crippen LogP contribution in [0.5, 0.6) is 11.5 Å². The van der Waals surface area contributed by atoms with Gasteiger partial charge in [0.2, 0.25) is 5.82 Å². The van der Waals surface area contributed by atoms with Crippen LogP contribution in [0.2, 0.25) is 5.02 Å². The molecule has 9 nitrogen and oxygen atoms in total. The minimum Gasteiger partial charge on any atom is -0.491 e. The molecule has 0 spiro atoms. The minimum absolute atomic E-state index is 0.120. The predicted molar refractivity (Wildman–Crippen MR) is 108 cm³/mol. The van der Waals surface area contributed by atoms with Crippen LogP contribution < -0.4 is 14.9 Å². The number of carbonyl (C=O) groups is 1. The average Bonchev–Trinajstić information content (AvgIpc) is 3.17. The van der Waals surface area contributed by atoms with Gasteiger partial charge in [-0.1, -0.05) is 41.9 Å². The molecule has 10 heteroatoms. The third-order valence-electron chi connectivity index (χ3n) is 3.71. The highest BCUT2D eigenvalue weighted by atomic mass is 35.5. The van der Waals surface area contributed by atoms with E-state index in [1.165, 1.54) is 18.1 Å². The van der Waals surface area contributed by atoms with E-state index >= 15 is 0 Å². The largest absolute Gasteiger partial charge is 0.491 e. The molecule has 0 aliphatic heterocycles. The van der Waals surface area contributed by atoms with E-state index in [0.717, 1.165) is 5.56 Å². The molecule has 29 heavy (non-hydrogen) atoms. The second-order valence-electron chi connectivity index (χ2n) is 5.77. The number of halogens is 1. The fraction of sp³-hybridized carbons (Fsp3) is 0.211. The molecule has 0 saturated carbocycles. The van der Waals surface area contributed by atoms with Gasteiger partial charge in [0, 0.05) is 5.56 Å². The first-order chi connectivity index (χ1) is 14.1. The Morgan fingerprint density at radius 3 is 2.83 bits per heavy atom. The first-order valence-corrected chi connectivity index (χ1v) is 9.14. The van der Waals surface area contributed by atoms with E-state index in [1.807, 2.05) is 37.3 Å². The molecule has 1 aromatic heterocycles. The Hall–Kier alpha value is -3.46. The lowest BCUT2D eigenvalue weighted by Gasteiger charge is -2.11. The van der Waals surface area contributed by atoms with Gasteiger partial charge in [-0.05, 0) is 29.8 Å². The van der Waals surface area contributed by atoms with E-state index in [4.69, 9.17) is 21.1 Å². The molecule has 0 atom stereocenters. The summed E-state index contributed by atoms with van der Waals surface area (Å²) in [5.41, 5.74) is 3.88. The van der Waals surface area contributed by atoms with Gasteiger partial charge >= 0.3 is 0 Å². The molecule has 1 amide bonds. The summed E-state index contributed by atoms with van der Waals surface area (Å²) in [6.45, 7) is 2.19. The first-order valence-electron chi connectivity index (χ1n) is 8.76. The maximum atomic E-state index is 12.1. The molecule has 1 heterocycles. The van der Waals surface area contributed by atoms with E-state index in [0.29, 0.717) is 34.5 Å². The van der Waals surface area contributed by atoms with Crippen LogP contribution in [-0.2, 0) is 11.3 Å². The van der Waals surface area contributed by atoms with E-state index in [9.17, 15) is 4.79 Å². The first kappa shape index (κ1) is 20.3. The molecule has 3 aromatic rings. The zero-order valence-corrected chi connectivity index (χ0v) is 16.6. The van der Waals surface area contributed by atoms with Crippen molar-refractivity contribution in [2.45, 2.75) is 13.5 Å². The van der Waals surface area contributed by atoms with Crippen molar-refractivity contribution >= 4 is 23.7 Å². The maximum absolute atomic E-state index is 12.1. The summed E-state index contributed by atoms with van der Waals surface area (Å²) >= 11 is 6.19. The van der Waals surface area contributed by atoms with Crippen LogP contribution in [0.4, 0.5) is 0 Å². The Morgan fingerprint density at radius 1 is 1.31 bits per heavy atom. The van der Waals surface area contributed by atoms with Crippen LogP contribution in [0.1, 0.15) is 12.5 Å². The molecule has 0 saturated heterocycles. The van der Waals surface area contributed by atoms with Crippen molar-refractivity contribution in [2.75, 3.05) is 13.7 Å². The number of tetrazole rings is 1. The molecule has 0 bridgehead atoms. The number of nitrogens with zero attached hydrogens (tertiary/aromatic N) is 5. The molecule has 0 fully saturated rings. The van der Waals surface area contributed by atoms with E-state index in [1.54, 1.807) is 12.1 Å². The zero-order valence-electron chi connectivity index (χ0n) is 15.9. The number of aromatic nitrogens is 4. The summed E-state index contributed by atoms with van der Waals surface area (Å²) in [6, 6.07) is 12.7. The molecule has 150 valence electrons. The number of rotatable bonds is 8. The lowest BCUT2D eigenvalue weighted by Crippen LogP contribution is -2.24. The number of carbonyl (C=O) groups excluding carboxylic acids is 1. The van der Waals surface area contributed by atoms with Gasteiger partial charge in [-0.3, -0.25) is 4.79 Å². The van der Waals surface area contributed by atoms with Crippen LogP contribution in [0.25, 0.3) is 11.4 Å². The van der Waals surface area contributed by atoms with Gasteiger partial charge in [-0.25, -0.2) is 5.43 Å². The number of hydrogen-bond acceptors (Lipinski definition) is 7. The Labute approximate surface area is 172 Å². The fourth-order valence-corrected chi connectivity index (χ4v) is 2.78. The van der Waals surface area contributed by atoms with Gasteiger partial charge in [0.05, 0.1) is 25.0 Å². The van der Waals surface area contributed by atoms with Gasteiger partial charge in [0.15, 0.2) is 11.5 Å². The maximum Gasteiger partial charge on any atom is 0.263 e. The topological polar surface area (TPSA) is 104 Å². The molecule has 2 aromatic carbocycles. The van der Waals surface area contributed by atoms with Crippen molar-refractivity contribution in [1.29, 1.82) is 0 Å². The van der Waals surface area contributed by atoms with Crippen molar-refractivity contribution in [3.05, 3.63) is 53.1 Å². The highest BCUT2D eigenvalue weighted by molar-refractivity contribution is 6.32. The summed E-state index contributed by atoms with van der Waals surface area (Å²) in [5, 5.41) is 16.3. The van der Waals surface area contributed by atoms with Crippen LogP contribution in [0.15, 0.2) is 47.6 Å². The summed E-state index contributed by atoms with van der Waals surface area (Å²) < 4.78 is 10.7. The molecule has 0 aliphatic carbocycles. The number of benzene rings is 2. The summed E-state index contributed by atoms with van der Waals surface area (Å²) in [6.07, 6.45) is 1.45. The average molecular weight is 415 g/mol. The second-order valence-corrected chi connectivity index (χ2v) is 6.18. The number of amides is 1. The third-order valence-corrected chi connectivity index (χ3v) is 3.99. The summed E-state index contributed by atoms with van der Waals surface area (Å²) in [5.74, 6) is 0.984. The highest BCUT2D eigenvalue weighted by Crippen LogP contribution is 2.35. The Morgan fingerprint density at radius 2 is 2.10 bits per heavy atom. The van der Waals surface area contributed by atoms with Crippen molar-refractivity contribution in [3.63, 3.8) is 0 Å². The molecular formula is C19H19ClN6O3. The second kappa shape index (κ2) is 9.65. The standard InChI is InChI=1S/C19H19ClN6O3/c1-3-29-16-10-13(9-15(20)18(16)28-2)11-21-22-17(27)12-26-24-19(23-25-26)14-7-5-4-6-8-14/h4-11H,3,12H2,1-2H3,(H,22,27)/b21-11-. The molecule has 1 N–H and O–H groups in total. The number of methoxy groups -OCH3 is 1. The molecule has 0 unspecified atom stereocenters. The SMILES string of the molecule is CCOc1cc(/C=N\NC(=O)Cn2nnc(-c3ccccc3)n2)cc(Cl)c1OC. The Kier molecular flexibility index (Phi) is 6.75. The van der Waals surface area contributed by atoms with Crippen molar-refractivity contribution < 1.29 is 14.3 Å². The van der Waals surface area contributed by atoms with Crippen molar-refractivity contribution in [1.82, 2.24) is 25.6 Å². The quantitative estimate of drug-likeness (QED) is 0.448. The normalized spacial score (nSPS) is 10.9.